The van der Waals surface area contributed by atoms with Crippen LogP contribution in [0.4, 0.5) is 0 Å². The summed E-state index contributed by atoms with van der Waals surface area (Å²) in [6.07, 6.45) is 4.65. The minimum atomic E-state index is -0.0823. The van der Waals surface area contributed by atoms with Crippen LogP contribution >= 0.6 is 11.6 Å². The molecule has 0 fully saturated rings. The first kappa shape index (κ1) is 18.5. The summed E-state index contributed by atoms with van der Waals surface area (Å²) < 4.78 is 2.00. The fourth-order valence-electron chi connectivity index (χ4n) is 2.44. The summed E-state index contributed by atoms with van der Waals surface area (Å²) in [4.78, 5) is 0. The molecule has 0 bridgehead atoms. The summed E-state index contributed by atoms with van der Waals surface area (Å²) >= 11 is 6.37. The van der Waals surface area contributed by atoms with Crippen LogP contribution in [0, 0.1) is 11.3 Å². The lowest BCUT2D eigenvalue weighted by Gasteiger charge is -2.18. The number of aromatic nitrogens is 2. The Morgan fingerprint density at radius 1 is 1.25 bits per heavy atom. The van der Waals surface area contributed by atoms with Crippen molar-refractivity contribution in [2.75, 3.05) is 6.54 Å². The third-order valence-corrected chi connectivity index (χ3v) is 4.14. The molecule has 0 saturated carbocycles. The summed E-state index contributed by atoms with van der Waals surface area (Å²) in [5, 5.41) is 17.5. The van der Waals surface area contributed by atoms with Gasteiger partial charge in [0.15, 0.2) is 0 Å². The van der Waals surface area contributed by atoms with Gasteiger partial charge in [-0.25, -0.2) is 0 Å². The van der Waals surface area contributed by atoms with Crippen LogP contribution in [-0.2, 0) is 12.1 Å². The van der Waals surface area contributed by atoms with E-state index in [9.17, 15) is 0 Å². The highest BCUT2D eigenvalue weighted by atomic mass is 35.5. The van der Waals surface area contributed by atoms with Crippen molar-refractivity contribution in [3.8, 4) is 17.3 Å². The molecular weight excluding hydrogens is 320 g/mol. The van der Waals surface area contributed by atoms with Gasteiger partial charge in [-0.3, -0.25) is 4.68 Å². The number of nitrogens with zero attached hydrogens (tertiary/aromatic N) is 3. The highest BCUT2D eigenvalue weighted by molar-refractivity contribution is 6.33. The largest absolute Gasteiger partial charge is 0.313 e. The van der Waals surface area contributed by atoms with E-state index in [-0.39, 0.29) is 5.54 Å². The van der Waals surface area contributed by atoms with Gasteiger partial charge in [-0.15, -0.1) is 0 Å². The first-order valence-corrected chi connectivity index (χ1v) is 8.73. The first-order chi connectivity index (χ1) is 11.4. The normalized spacial score (nSPS) is 11.5. The van der Waals surface area contributed by atoms with E-state index in [4.69, 9.17) is 22.0 Å². The van der Waals surface area contributed by atoms with Crippen LogP contribution in [-0.4, -0.2) is 16.3 Å². The predicted molar refractivity (Wildman–Crippen MR) is 98.8 cm³/mol. The zero-order valence-electron chi connectivity index (χ0n) is 14.6. The molecule has 0 aliphatic heterocycles. The smallest absolute Gasteiger partial charge is 0.0983 e. The number of rotatable bonds is 7. The summed E-state index contributed by atoms with van der Waals surface area (Å²) in [6.45, 7) is 8.04. The van der Waals surface area contributed by atoms with Crippen molar-refractivity contribution in [2.45, 2.75) is 52.1 Å². The van der Waals surface area contributed by atoms with Crippen LogP contribution < -0.4 is 5.32 Å². The van der Waals surface area contributed by atoms with Crippen LogP contribution in [0.5, 0.6) is 0 Å². The number of benzene rings is 1. The average molecular weight is 345 g/mol. The van der Waals surface area contributed by atoms with Gasteiger partial charge >= 0.3 is 0 Å². The lowest BCUT2D eigenvalue weighted by Crippen LogP contribution is -2.22. The van der Waals surface area contributed by atoms with Crippen molar-refractivity contribution in [3.05, 3.63) is 41.0 Å². The van der Waals surface area contributed by atoms with Gasteiger partial charge in [0.05, 0.1) is 22.3 Å². The van der Waals surface area contributed by atoms with E-state index in [1.165, 1.54) is 0 Å². The van der Waals surface area contributed by atoms with Crippen LogP contribution in [0.15, 0.2) is 30.5 Å². The Labute approximate surface area is 149 Å². The molecule has 0 saturated heterocycles. The molecule has 0 amide bonds. The molecular formula is C19H25ClN4. The van der Waals surface area contributed by atoms with Crippen molar-refractivity contribution < 1.29 is 0 Å². The van der Waals surface area contributed by atoms with E-state index in [1.54, 1.807) is 0 Å². The Morgan fingerprint density at radius 3 is 2.67 bits per heavy atom. The van der Waals surface area contributed by atoms with Crippen molar-refractivity contribution in [1.29, 1.82) is 5.26 Å². The Kier molecular flexibility index (Phi) is 6.42. The number of unbranched alkanes of at least 4 members (excludes halogenated alkanes) is 2. The third-order valence-electron chi connectivity index (χ3n) is 3.81. The average Bonchev–Trinajstić information content (AvgIpc) is 2.95. The lowest BCUT2D eigenvalue weighted by atomic mass is 10.1. The number of nitriles is 1. The second kappa shape index (κ2) is 8.32. The fourth-order valence-corrected chi connectivity index (χ4v) is 2.67. The topological polar surface area (TPSA) is 53.6 Å². The maximum atomic E-state index is 8.57. The van der Waals surface area contributed by atoms with E-state index in [0.717, 1.165) is 42.8 Å². The van der Waals surface area contributed by atoms with Crippen molar-refractivity contribution >= 4 is 11.6 Å². The van der Waals surface area contributed by atoms with Crippen LogP contribution in [0.2, 0.25) is 5.02 Å². The molecule has 4 nitrogen and oxygen atoms in total. The van der Waals surface area contributed by atoms with E-state index in [0.29, 0.717) is 11.4 Å². The number of hydrogen-bond donors (Lipinski definition) is 1. The minimum absolute atomic E-state index is 0.0823. The molecule has 0 spiro atoms. The van der Waals surface area contributed by atoms with Crippen LogP contribution in [0.3, 0.4) is 0 Å². The molecule has 1 aromatic heterocycles. The van der Waals surface area contributed by atoms with E-state index < -0.39 is 0 Å². The maximum absolute atomic E-state index is 8.57. The highest BCUT2D eigenvalue weighted by Gasteiger charge is 2.19. The van der Waals surface area contributed by atoms with Crippen molar-refractivity contribution in [3.63, 3.8) is 0 Å². The Bertz CT molecular complexity index is 707. The second-order valence-electron chi connectivity index (χ2n) is 6.89. The third kappa shape index (κ3) is 4.83. The molecule has 2 rings (SSSR count). The number of halogens is 1. The lowest BCUT2D eigenvalue weighted by molar-refractivity contribution is 0.356. The van der Waals surface area contributed by atoms with Gasteiger partial charge in [0.2, 0.25) is 0 Å². The predicted octanol–water partition coefficient (Wildman–Crippen LogP) is 4.74. The zero-order chi connectivity index (χ0) is 17.6. The molecule has 0 aliphatic carbocycles. The molecule has 1 N–H and O–H groups in total. The SMILES string of the molecule is CC(C)(C)n1cc(CNCCCCC#N)c(-c2ccccc2Cl)n1. The van der Waals surface area contributed by atoms with Crippen molar-refractivity contribution in [2.24, 2.45) is 0 Å². The number of hydrogen-bond acceptors (Lipinski definition) is 3. The van der Waals surface area contributed by atoms with Gasteiger partial charge in [0.25, 0.3) is 0 Å². The van der Waals surface area contributed by atoms with Crippen LogP contribution in [0.25, 0.3) is 11.3 Å². The standard InChI is InChI=1S/C19H25ClN4/c1-19(2,3)24-14-15(13-22-12-8-4-7-11-21)18(23-24)16-9-5-6-10-17(16)20/h5-6,9-10,14,22H,4,7-8,12-13H2,1-3H3. The van der Waals surface area contributed by atoms with Crippen molar-refractivity contribution in [1.82, 2.24) is 15.1 Å². The molecule has 1 aromatic carbocycles. The van der Waals surface area contributed by atoms with Gasteiger partial charge in [0.1, 0.15) is 0 Å². The molecule has 0 unspecified atom stereocenters. The van der Waals surface area contributed by atoms with Crippen LogP contribution in [0.1, 0.15) is 45.6 Å². The van der Waals surface area contributed by atoms with Gasteiger partial charge < -0.3 is 5.32 Å². The molecule has 5 heteroatoms. The summed E-state index contributed by atoms with van der Waals surface area (Å²) in [5.74, 6) is 0. The highest BCUT2D eigenvalue weighted by Crippen LogP contribution is 2.30. The van der Waals surface area contributed by atoms with E-state index >= 15 is 0 Å². The molecule has 24 heavy (non-hydrogen) atoms. The van der Waals surface area contributed by atoms with Gasteiger partial charge in [-0.05, 0) is 46.2 Å². The van der Waals surface area contributed by atoms with Gasteiger partial charge in [-0.2, -0.15) is 10.4 Å². The van der Waals surface area contributed by atoms with Gasteiger partial charge in [-0.1, -0.05) is 29.8 Å². The molecule has 0 aliphatic rings. The molecule has 128 valence electrons. The summed E-state index contributed by atoms with van der Waals surface area (Å²) in [5.41, 5.74) is 2.95. The molecule has 0 radical (unpaired) electrons. The second-order valence-corrected chi connectivity index (χ2v) is 7.30. The monoisotopic (exact) mass is 344 g/mol. The quantitative estimate of drug-likeness (QED) is 0.738. The van der Waals surface area contributed by atoms with E-state index in [2.05, 4.69) is 38.4 Å². The zero-order valence-corrected chi connectivity index (χ0v) is 15.4. The summed E-state index contributed by atoms with van der Waals surface area (Å²) in [7, 11) is 0. The first-order valence-electron chi connectivity index (χ1n) is 8.35. The summed E-state index contributed by atoms with van der Waals surface area (Å²) in [6, 6.07) is 9.99. The van der Waals surface area contributed by atoms with E-state index in [1.807, 2.05) is 28.9 Å². The minimum Gasteiger partial charge on any atom is -0.313 e. The maximum Gasteiger partial charge on any atom is 0.0983 e. The molecule has 0 atom stereocenters. The molecule has 2 aromatic rings. The Balaban J connectivity index is 2.18. The molecule has 1 heterocycles. The Morgan fingerprint density at radius 2 is 2.00 bits per heavy atom. The van der Waals surface area contributed by atoms with Gasteiger partial charge in [0, 0.05) is 30.3 Å². The fraction of sp³-hybridized carbons (Fsp3) is 0.474. The number of nitrogens with one attached hydrogen (secondary N) is 1. The Hall–Kier alpha value is -1.83.